The fourth-order valence-corrected chi connectivity index (χ4v) is 8.88. The lowest BCUT2D eigenvalue weighted by molar-refractivity contribution is -0.172. The molecule has 0 saturated carbocycles. The van der Waals surface area contributed by atoms with E-state index in [1.165, 1.54) is 0 Å². The maximum absolute atomic E-state index is 11.9. The van der Waals surface area contributed by atoms with Gasteiger partial charge in [-0.1, -0.05) is 81.4 Å². The molecule has 1 aliphatic rings. The number of aldehydes is 1. The highest BCUT2D eigenvalue weighted by atomic mass is 28.4. The van der Waals surface area contributed by atoms with Crippen LogP contribution in [0, 0.1) is 0 Å². The van der Waals surface area contributed by atoms with Gasteiger partial charge in [0.05, 0.1) is 6.61 Å². The molecule has 1 unspecified atom stereocenters. The number of hydrogen-bond acceptors (Lipinski definition) is 6. The molecule has 164 valence electrons. The second-order valence-corrected chi connectivity index (χ2v) is 13.0. The van der Waals surface area contributed by atoms with Gasteiger partial charge < -0.3 is 13.9 Å². The molecule has 1 saturated heterocycles. The molecule has 0 aromatic heterocycles. The Labute approximate surface area is 183 Å². The van der Waals surface area contributed by atoms with Crippen molar-refractivity contribution in [3.8, 4) is 0 Å². The van der Waals surface area contributed by atoms with E-state index in [0.29, 0.717) is 6.29 Å². The molecule has 1 fully saturated rings. The highest BCUT2D eigenvalue weighted by molar-refractivity contribution is 6.99. The minimum absolute atomic E-state index is 0.0714. The van der Waals surface area contributed by atoms with Crippen LogP contribution < -0.4 is 10.4 Å². The SMILES string of the molecule is CC(C)(C)[Si](OCC(OC=O)[C@]1(C=O)CCC(=O)O1)(c1ccccc1)c1ccccc1. The predicted molar refractivity (Wildman–Crippen MR) is 119 cm³/mol. The zero-order valence-corrected chi connectivity index (χ0v) is 19.1. The number of carbonyl (C=O) groups is 3. The molecule has 1 aliphatic heterocycles. The first-order valence-electron chi connectivity index (χ1n) is 10.3. The zero-order chi connectivity index (χ0) is 22.5. The van der Waals surface area contributed by atoms with Gasteiger partial charge in [0.25, 0.3) is 14.8 Å². The Balaban J connectivity index is 2.07. The highest BCUT2D eigenvalue weighted by Gasteiger charge is 2.54. The number of carbonyl (C=O) groups excluding carboxylic acids is 3. The third kappa shape index (κ3) is 4.33. The van der Waals surface area contributed by atoms with E-state index in [1.807, 2.05) is 60.7 Å². The molecule has 3 rings (SSSR count). The first-order valence-corrected chi connectivity index (χ1v) is 12.2. The fourth-order valence-electron chi connectivity index (χ4n) is 4.32. The lowest BCUT2D eigenvalue weighted by atomic mass is 9.95. The van der Waals surface area contributed by atoms with E-state index < -0.39 is 26.0 Å². The molecule has 0 radical (unpaired) electrons. The normalized spacial score (nSPS) is 20.0. The standard InChI is InChI=1S/C24H28O6Si/c1-23(2,3)31(19-10-6-4-7-11-19,20-12-8-5-9-13-20)29-16-21(28-18-26)24(17-25)15-14-22(27)30-24/h4-13,17-18,21H,14-16H2,1-3H3/t21?,24-/m1/s1. The van der Waals surface area contributed by atoms with Crippen LogP contribution in [0.1, 0.15) is 33.6 Å². The molecule has 0 N–H and O–H groups in total. The molecule has 7 heteroatoms. The van der Waals surface area contributed by atoms with Gasteiger partial charge in [0, 0.05) is 12.8 Å². The summed E-state index contributed by atoms with van der Waals surface area (Å²) >= 11 is 0. The average Bonchev–Trinajstić information content (AvgIpc) is 3.16. The van der Waals surface area contributed by atoms with Crippen molar-refractivity contribution in [3.05, 3.63) is 60.7 Å². The second kappa shape index (κ2) is 9.16. The molecule has 2 aromatic rings. The van der Waals surface area contributed by atoms with Crippen LogP contribution in [0.15, 0.2) is 60.7 Å². The molecule has 0 amide bonds. The molecule has 31 heavy (non-hydrogen) atoms. The number of hydrogen-bond donors (Lipinski definition) is 0. The summed E-state index contributed by atoms with van der Waals surface area (Å²) in [6, 6.07) is 20.0. The Morgan fingerprint density at radius 1 is 1.03 bits per heavy atom. The van der Waals surface area contributed by atoms with Gasteiger partial charge in [0.1, 0.15) is 0 Å². The van der Waals surface area contributed by atoms with Gasteiger partial charge in [0.2, 0.25) is 5.60 Å². The summed E-state index contributed by atoms with van der Waals surface area (Å²) in [7, 11) is -2.91. The monoisotopic (exact) mass is 440 g/mol. The number of esters is 1. The van der Waals surface area contributed by atoms with Crippen molar-refractivity contribution in [1.29, 1.82) is 0 Å². The Hall–Kier alpha value is -2.77. The third-order valence-corrected chi connectivity index (χ3v) is 10.9. The largest absolute Gasteiger partial charge is 0.457 e. The summed E-state index contributed by atoms with van der Waals surface area (Å²) in [5.41, 5.74) is -1.52. The van der Waals surface area contributed by atoms with Gasteiger partial charge in [0.15, 0.2) is 12.4 Å². The van der Waals surface area contributed by atoms with Crippen LogP contribution in [-0.2, 0) is 28.3 Å². The van der Waals surface area contributed by atoms with Gasteiger partial charge in [-0.25, -0.2) is 0 Å². The van der Waals surface area contributed by atoms with E-state index in [1.54, 1.807) is 0 Å². The molecule has 2 aromatic carbocycles. The summed E-state index contributed by atoms with van der Waals surface area (Å²) in [6.45, 7) is 6.58. The Kier molecular flexibility index (Phi) is 6.76. The predicted octanol–water partition coefficient (Wildman–Crippen LogP) is 2.38. The lowest BCUT2D eigenvalue weighted by Crippen LogP contribution is -2.67. The van der Waals surface area contributed by atoms with E-state index in [9.17, 15) is 14.4 Å². The van der Waals surface area contributed by atoms with Crippen LogP contribution in [0.4, 0.5) is 0 Å². The number of cyclic esters (lactones) is 1. The zero-order valence-electron chi connectivity index (χ0n) is 18.1. The Morgan fingerprint density at radius 2 is 1.58 bits per heavy atom. The molecular formula is C24H28O6Si. The minimum Gasteiger partial charge on any atom is -0.457 e. The summed E-state index contributed by atoms with van der Waals surface area (Å²) in [5, 5.41) is 1.83. The Bertz CT molecular complexity index is 869. The van der Waals surface area contributed by atoms with Crippen molar-refractivity contribution in [3.63, 3.8) is 0 Å². The van der Waals surface area contributed by atoms with Crippen LogP contribution in [0.5, 0.6) is 0 Å². The quantitative estimate of drug-likeness (QED) is 0.338. The maximum atomic E-state index is 11.9. The third-order valence-electron chi connectivity index (χ3n) is 5.86. The molecule has 0 spiro atoms. The number of ether oxygens (including phenoxy) is 2. The van der Waals surface area contributed by atoms with E-state index >= 15 is 0 Å². The number of benzene rings is 2. The molecule has 6 nitrogen and oxygen atoms in total. The molecular weight excluding hydrogens is 412 g/mol. The van der Waals surface area contributed by atoms with E-state index in [2.05, 4.69) is 20.8 Å². The number of rotatable bonds is 9. The molecule has 2 atom stereocenters. The van der Waals surface area contributed by atoms with Crippen LogP contribution in [0.2, 0.25) is 5.04 Å². The fraction of sp³-hybridized carbons (Fsp3) is 0.375. The van der Waals surface area contributed by atoms with Crippen molar-refractivity contribution >= 4 is 37.4 Å². The maximum Gasteiger partial charge on any atom is 0.307 e. The second-order valence-electron chi connectivity index (χ2n) is 8.74. The van der Waals surface area contributed by atoms with Gasteiger partial charge in [-0.05, 0) is 15.4 Å². The Morgan fingerprint density at radius 3 is 1.97 bits per heavy atom. The van der Waals surface area contributed by atoms with Crippen molar-refractivity contribution in [2.45, 2.75) is 50.4 Å². The van der Waals surface area contributed by atoms with Crippen molar-refractivity contribution < 1.29 is 28.3 Å². The summed E-state index contributed by atoms with van der Waals surface area (Å²) in [6.07, 6.45) is -0.231. The van der Waals surface area contributed by atoms with Crippen molar-refractivity contribution in [1.82, 2.24) is 0 Å². The van der Waals surface area contributed by atoms with Crippen LogP contribution in [-0.4, -0.2) is 45.4 Å². The first-order chi connectivity index (χ1) is 14.8. The van der Waals surface area contributed by atoms with E-state index in [4.69, 9.17) is 13.9 Å². The van der Waals surface area contributed by atoms with Gasteiger partial charge in [-0.15, -0.1) is 0 Å². The van der Waals surface area contributed by atoms with Crippen molar-refractivity contribution in [2.24, 2.45) is 0 Å². The first kappa shape index (κ1) is 22.9. The summed E-state index contributed by atoms with van der Waals surface area (Å²) in [4.78, 5) is 35.0. The van der Waals surface area contributed by atoms with Crippen LogP contribution >= 0.6 is 0 Å². The van der Waals surface area contributed by atoms with Gasteiger partial charge >= 0.3 is 5.97 Å². The van der Waals surface area contributed by atoms with Gasteiger partial charge in [-0.3, -0.25) is 14.4 Å². The smallest absolute Gasteiger partial charge is 0.307 e. The summed E-state index contributed by atoms with van der Waals surface area (Å²) in [5.74, 6) is -0.489. The van der Waals surface area contributed by atoms with Gasteiger partial charge in [-0.2, -0.15) is 0 Å². The van der Waals surface area contributed by atoms with E-state index in [0.717, 1.165) is 10.4 Å². The van der Waals surface area contributed by atoms with Crippen LogP contribution in [0.25, 0.3) is 0 Å². The van der Waals surface area contributed by atoms with Crippen LogP contribution in [0.3, 0.4) is 0 Å². The summed E-state index contributed by atoms with van der Waals surface area (Å²) < 4.78 is 17.3. The molecule has 0 bridgehead atoms. The highest BCUT2D eigenvalue weighted by Crippen LogP contribution is 2.38. The lowest BCUT2D eigenvalue weighted by Gasteiger charge is -2.44. The van der Waals surface area contributed by atoms with Crippen molar-refractivity contribution in [2.75, 3.05) is 6.61 Å². The minimum atomic E-state index is -2.91. The topological polar surface area (TPSA) is 78.9 Å². The molecule has 1 heterocycles. The molecule has 0 aliphatic carbocycles. The average molecular weight is 441 g/mol. The van der Waals surface area contributed by atoms with E-state index in [-0.39, 0.29) is 31.0 Å².